The quantitative estimate of drug-likeness (QED) is 0.0214. The number of halogens is 1. The number of nitrogen functional groups attached to an aromatic ring is 1. The van der Waals surface area contributed by atoms with E-state index in [4.69, 9.17) is 32.1 Å². The van der Waals surface area contributed by atoms with Crippen molar-refractivity contribution < 1.29 is 39.0 Å². The Kier molecular flexibility index (Phi) is 30.0. The molecule has 0 fully saturated rings. The van der Waals surface area contributed by atoms with E-state index in [-0.39, 0.29) is 39.7 Å². The van der Waals surface area contributed by atoms with Crippen LogP contribution in [0.1, 0.15) is 98.8 Å². The number of ketones is 1. The zero-order valence-corrected chi connectivity index (χ0v) is 48.3. The Balaban J connectivity index is 0.000000262. The van der Waals surface area contributed by atoms with E-state index in [9.17, 15) is 39.4 Å². The van der Waals surface area contributed by atoms with Crippen molar-refractivity contribution in [3.05, 3.63) is 276 Å². The summed E-state index contributed by atoms with van der Waals surface area (Å²) in [5.41, 5.74) is 13.6. The van der Waals surface area contributed by atoms with Gasteiger partial charge in [-0.25, -0.2) is 9.78 Å². The molecule has 0 spiro atoms. The molecule has 0 aliphatic carbocycles. The van der Waals surface area contributed by atoms with Crippen molar-refractivity contribution in [3.63, 3.8) is 0 Å². The highest BCUT2D eigenvalue weighted by atomic mass is 35.5. The van der Waals surface area contributed by atoms with Gasteiger partial charge in [0.2, 0.25) is 11.4 Å². The number of H-pyrrole nitrogens is 1. The van der Waals surface area contributed by atoms with Crippen LogP contribution in [0.5, 0.6) is 5.88 Å². The van der Waals surface area contributed by atoms with Gasteiger partial charge in [0, 0.05) is 127 Å². The SMILES string of the molecule is CC.CC.CC.CC1=CN2CCC=C2C=C1.Nc1ccc(C(=O)C2=CN3CCC=C3C=C2)cc1.O=C(Cl)c1ccc([N+](=O)[O-])cc1.O=C(Oc1ccccn1)c1ccc([N+](=O)[O-])cc1.O=c1cccc[nH]1.OB(O)C1=CN2CCC=C2C=C1. The van der Waals surface area contributed by atoms with Gasteiger partial charge in [-0.1, -0.05) is 84.1 Å². The molecular weight excluding hydrogens is 1080 g/mol. The van der Waals surface area contributed by atoms with Crippen LogP contribution >= 0.6 is 11.6 Å². The Morgan fingerprint density at radius 3 is 1.57 bits per heavy atom. The number of nitro groups is 2. The van der Waals surface area contributed by atoms with Crippen molar-refractivity contribution >= 4 is 52.8 Å². The fraction of sp³-hybridized carbons (Fsp3) is 0.210. The van der Waals surface area contributed by atoms with Crippen LogP contribution in [0.2, 0.25) is 0 Å². The number of nitrogens with zero attached hydrogens (tertiary/aromatic N) is 6. The summed E-state index contributed by atoms with van der Waals surface area (Å²) in [5, 5.41) is 37.8. The Morgan fingerprint density at radius 1 is 0.627 bits per heavy atom. The molecule has 434 valence electrons. The number of carbonyl (C=O) groups excluding carboxylic acids is 3. The summed E-state index contributed by atoms with van der Waals surface area (Å²) in [7, 11) is -1.36. The number of hydrogen-bond donors (Lipinski definition) is 4. The van der Waals surface area contributed by atoms with E-state index < -0.39 is 28.2 Å². The zero-order valence-electron chi connectivity index (χ0n) is 47.5. The Bertz CT molecular complexity index is 3230. The van der Waals surface area contributed by atoms with Gasteiger partial charge < -0.3 is 40.2 Å². The molecule has 0 saturated heterocycles. The predicted molar refractivity (Wildman–Crippen MR) is 328 cm³/mol. The Hall–Kier alpha value is -9.50. The van der Waals surface area contributed by atoms with Crippen molar-refractivity contribution in [1.29, 1.82) is 0 Å². The van der Waals surface area contributed by atoms with Crippen LogP contribution in [0.15, 0.2) is 233 Å². The fourth-order valence-electron chi connectivity index (χ4n) is 7.46. The molecule has 8 heterocycles. The second-order valence-corrected chi connectivity index (χ2v) is 17.3. The average Bonchev–Trinajstić information content (AvgIpc) is 4.53. The van der Waals surface area contributed by atoms with E-state index in [2.05, 4.69) is 63.3 Å². The number of ether oxygens (including phenoxy) is 1. The predicted octanol–water partition coefficient (Wildman–Crippen LogP) is 12.2. The first-order valence-electron chi connectivity index (χ1n) is 26.8. The van der Waals surface area contributed by atoms with Gasteiger partial charge in [-0.2, -0.15) is 0 Å². The van der Waals surface area contributed by atoms with Gasteiger partial charge in [-0.15, -0.1) is 0 Å². The first-order valence-corrected chi connectivity index (χ1v) is 27.2. The number of anilines is 1. The molecule has 6 aliphatic rings. The maximum absolute atomic E-state index is 12.3. The third-order valence-corrected chi connectivity index (χ3v) is 11.6. The molecular formula is C62H70BClN8O11. The molecule has 0 saturated carbocycles. The molecule has 0 bridgehead atoms. The highest BCUT2D eigenvalue weighted by molar-refractivity contribution is 6.67. The Morgan fingerprint density at radius 2 is 1.11 bits per heavy atom. The summed E-state index contributed by atoms with van der Waals surface area (Å²) >= 11 is 5.13. The summed E-state index contributed by atoms with van der Waals surface area (Å²) in [4.78, 5) is 77.0. The lowest BCUT2D eigenvalue weighted by molar-refractivity contribution is -0.385. The first kappa shape index (κ1) is 67.8. The number of Topliss-reactive ketones (excluding diaryl/α,β-unsaturated/α-hetero) is 1. The molecule has 0 radical (unpaired) electrons. The summed E-state index contributed by atoms with van der Waals surface area (Å²) in [6.07, 6.45) is 30.7. The van der Waals surface area contributed by atoms with Crippen LogP contribution < -0.4 is 16.0 Å². The highest BCUT2D eigenvalue weighted by Crippen LogP contribution is 2.26. The molecule has 21 heteroatoms. The summed E-state index contributed by atoms with van der Waals surface area (Å²) in [6.45, 7) is 17.2. The molecule has 5 N–H and O–H groups in total. The minimum absolute atomic E-state index is 0.0391. The molecule has 0 unspecified atom stereocenters. The molecule has 2 aromatic heterocycles. The fourth-order valence-corrected chi connectivity index (χ4v) is 7.58. The lowest BCUT2D eigenvalue weighted by atomic mass is 9.79. The van der Waals surface area contributed by atoms with Crippen LogP contribution in [0.25, 0.3) is 0 Å². The number of hydrogen-bond acceptors (Lipinski definition) is 16. The average molecular weight is 1150 g/mol. The number of nitrogens with one attached hydrogen (secondary N) is 1. The van der Waals surface area contributed by atoms with Gasteiger partial charge >= 0.3 is 13.1 Å². The number of carbonyl (C=O) groups is 3. The van der Waals surface area contributed by atoms with Crippen LogP contribution in [-0.2, 0) is 0 Å². The van der Waals surface area contributed by atoms with Crippen molar-refractivity contribution in [2.45, 2.75) is 67.7 Å². The van der Waals surface area contributed by atoms with Crippen molar-refractivity contribution in [2.24, 2.45) is 0 Å². The minimum atomic E-state index is -1.36. The van der Waals surface area contributed by atoms with Crippen molar-refractivity contribution in [2.75, 3.05) is 25.4 Å². The molecule has 0 atom stereocenters. The molecule has 19 nitrogen and oxygen atoms in total. The van der Waals surface area contributed by atoms with E-state index in [0.29, 0.717) is 16.7 Å². The first-order chi connectivity index (χ1) is 40.0. The lowest BCUT2D eigenvalue weighted by Gasteiger charge is -2.20. The highest BCUT2D eigenvalue weighted by Gasteiger charge is 2.21. The normalized spacial score (nSPS) is 13.8. The van der Waals surface area contributed by atoms with Gasteiger partial charge in [0.1, 0.15) is 0 Å². The van der Waals surface area contributed by atoms with Crippen LogP contribution in [-0.4, -0.2) is 88.3 Å². The smallest absolute Gasteiger partial charge is 0.423 e. The number of non-ortho nitro benzene ring substituents is 2. The van der Waals surface area contributed by atoms with Crippen LogP contribution in [0.4, 0.5) is 17.1 Å². The number of nitro benzene ring substituents is 2. The summed E-state index contributed by atoms with van der Waals surface area (Å²) < 4.78 is 4.98. The number of pyridine rings is 2. The van der Waals surface area contributed by atoms with Crippen molar-refractivity contribution in [3.8, 4) is 5.88 Å². The van der Waals surface area contributed by atoms with Gasteiger partial charge in [-0.05, 0) is 134 Å². The van der Waals surface area contributed by atoms with E-state index in [0.717, 1.165) is 43.7 Å². The Labute approximate surface area is 489 Å². The minimum Gasteiger partial charge on any atom is -0.423 e. The number of rotatable bonds is 8. The molecule has 83 heavy (non-hydrogen) atoms. The van der Waals surface area contributed by atoms with E-state index in [1.54, 1.807) is 73.1 Å². The second kappa shape index (κ2) is 36.7. The van der Waals surface area contributed by atoms with Gasteiger partial charge in [-0.3, -0.25) is 34.6 Å². The third-order valence-electron chi connectivity index (χ3n) is 11.4. The van der Waals surface area contributed by atoms with E-state index >= 15 is 0 Å². The van der Waals surface area contributed by atoms with Crippen LogP contribution in [0.3, 0.4) is 0 Å². The largest absolute Gasteiger partial charge is 0.489 e. The van der Waals surface area contributed by atoms with Crippen LogP contribution in [0, 0.1) is 20.2 Å². The summed E-state index contributed by atoms with van der Waals surface area (Å²) in [5.74, 6) is -0.387. The number of aromatic nitrogens is 2. The number of aromatic amines is 1. The molecule has 6 aliphatic heterocycles. The van der Waals surface area contributed by atoms with E-state index in [1.165, 1.54) is 84.2 Å². The zero-order chi connectivity index (χ0) is 61.3. The maximum atomic E-state index is 12.3. The molecule has 5 aromatic rings. The monoisotopic (exact) mass is 1150 g/mol. The lowest BCUT2D eigenvalue weighted by Crippen LogP contribution is -2.22. The van der Waals surface area contributed by atoms with Gasteiger partial charge in [0.05, 0.1) is 15.4 Å². The van der Waals surface area contributed by atoms with E-state index in [1.807, 2.05) is 70.9 Å². The third kappa shape index (κ3) is 22.9. The maximum Gasteiger partial charge on any atom is 0.489 e. The number of benzene rings is 3. The number of nitrogens with two attached hydrogens (primary N) is 1. The molecule has 0 amide bonds. The topological polar surface area (TPSA) is 269 Å². The standard InChI is InChI=1S/C15H14N2O.C12H8N2O4.C9H11N.C8H10BNO2.C7H4ClNO3.C5H5NO.3C2H6/c16-13-6-3-11(4-7-13)15(18)12-5-8-14-2-1-9-17(14)10-12;15-12(18-11-3-1-2-8-13-11)9-4-6-10(7-5-9)14(16)17;1-8-4-5-9-3-2-6-10(9)7-8;11-9(12)7-3-4-8-2-1-5-10(8)6-7;8-7(10)5-1-3-6(4-2-5)9(11)12;7-5-3-1-2-4-6-5;3*1-2/h2-8,10H,1,9,16H2;1-8H;3-5,7H,2,6H2,1H3;2-4,6,11-12H,1,5H2;1-4H;1-4H,(H,6,7);3*1-2H3. The number of allylic oxidation sites excluding steroid dienone is 9. The van der Waals surface area contributed by atoms with Gasteiger partial charge in [0.15, 0.2) is 5.78 Å². The number of esters is 1. The summed E-state index contributed by atoms with van der Waals surface area (Å²) in [6, 6.07) is 27.1. The van der Waals surface area contributed by atoms with Gasteiger partial charge in [0.25, 0.3) is 16.6 Å². The molecule has 3 aromatic carbocycles. The second-order valence-electron chi connectivity index (χ2n) is 16.9. The number of fused-ring (bicyclic) bond motifs is 3. The van der Waals surface area contributed by atoms with Crippen molar-refractivity contribution in [1.82, 2.24) is 24.7 Å². The molecule has 11 rings (SSSR count).